The summed E-state index contributed by atoms with van der Waals surface area (Å²) in [6, 6.07) is 16.2. The first-order valence-electron chi connectivity index (χ1n) is 12.3. The molecule has 0 bridgehead atoms. The maximum atomic E-state index is 13.1. The van der Waals surface area contributed by atoms with E-state index in [4.69, 9.17) is 4.74 Å². The van der Waals surface area contributed by atoms with Gasteiger partial charge in [0.15, 0.2) is 0 Å². The van der Waals surface area contributed by atoms with Gasteiger partial charge in [-0.3, -0.25) is 4.79 Å². The number of benzene rings is 2. The van der Waals surface area contributed by atoms with Gasteiger partial charge in [0.05, 0.1) is 23.3 Å². The number of rotatable bonds is 8. The van der Waals surface area contributed by atoms with Gasteiger partial charge in [-0.15, -0.1) is 0 Å². The zero-order chi connectivity index (χ0) is 25.3. The van der Waals surface area contributed by atoms with E-state index in [1.54, 1.807) is 35.2 Å². The van der Waals surface area contributed by atoms with Crippen LogP contribution in [0.4, 0.5) is 4.79 Å². The molecule has 0 aliphatic heterocycles. The van der Waals surface area contributed by atoms with Crippen molar-refractivity contribution < 1.29 is 29.3 Å². The lowest BCUT2D eigenvalue weighted by Crippen LogP contribution is -2.47. The molecule has 2 aliphatic rings. The molecule has 2 aliphatic carbocycles. The molecule has 0 atom stereocenters. The van der Waals surface area contributed by atoms with Crippen LogP contribution in [0.3, 0.4) is 0 Å². The number of aromatic carboxylic acids is 1. The first kappa shape index (κ1) is 23.8. The number of amides is 1. The van der Waals surface area contributed by atoms with Gasteiger partial charge in [0.1, 0.15) is 5.60 Å². The second kappa shape index (κ2) is 9.60. The van der Waals surface area contributed by atoms with E-state index < -0.39 is 17.7 Å². The number of hydrogen-bond donors (Lipinski definition) is 2. The average Bonchev–Trinajstić information content (AvgIpc) is 3.62. The van der Waals surface area contributed by atoms with Crippen molar-refractivity contribution in [3.05, 3.63) is 65.7 Å². The normalized spacial score (nSPS) is 16.6. The minimum atomic E-state index is -1.30. The van der Waals surface area contributed by atoms with Gasteiger partial charge >= 0.3 is 12.1 Å². The third-order valence-electron chi connectivity index (χ3n) is 7.10. The maximum Gasteiger partial charge on any atom is 0.506 e. The summed E-state index contributed by atoms with van der Waals surface area (Å²) in [6.07, 6.45) is 3.44. The molecule has 36 heavy (non-hydrogen) atoms. The molecule has 1 amide bonds. The molecule has 8 nitrogen and oxygen atoms in total. The SMILES string of the molecule is O=C(O)OC1(CN(Cc2ccc3nc(-c4ccccc4C(=O)O)ccc3c2)C(=O)C2CC2)CCCC1. The van der Waals surface area contributed by atoms with Gasteiger partial charge < -0.3 is 19.8 Å². The predicted octanol–water partition coefficient (Wildman–Crippen LogP) is 5.35. The molecule has 8 heteroatoms. The first-order chi connectivity index (χ1) is 17.3. The van der Waals surface area contributed by atoms with Crippen LogP contribution in [0, 0.1) is 5.92 Å². The second-order valence-corrected chi connectivity index (χ2v) is 9.80. The quantitative estimate of drug-likeness (QED) is 0.411. The lowest BCUT2D eigenvalue weighted by Gasteiger charge is -2.34. The molecule has 3 aromatic rings. The Labute approximate surface area is 208 Å². The summed E-state index contributed by atoms with van der Waals surface area (Å²) in [5, 5.41) is 19.7. The highest BCUT2D eigenvalue weighted by molar-refractivity contribution is 5.96. The molecule has 5 rings (SSSR count). The van der Waals surface area contributed by atoms with Crippen molar-refractivity contribution in [2.24, 2.45) is 5.92 Å². The largest absolute Gasteiger partial charge is 0.506 e. The van der Waals surface area contributed by atoms with Gasteiger partial charge in [-0.25, -0.2) is 14.6 Å². The highest BCUT2D eigenvalue weighted by atomic mass is 16.7. The van der Waals surface area contributed by atoms with Crippen LogP contribution in [-0.4, -0.2) is 50.3 Å². The zero-order valence-electron chi connectivity index (χ0n) is 19.9. The fraction of sp³-hybridized carbons (Fsp3) is 0.357. The Morgan fingerprint density at radius 1 is 1.00 bits per heavy atom. The monoisotopic (exact) mass is 488 g/mol. The van der Waals surface area contributed by atoms with Crippen molar-refractivity contribution in [2.75, 3.05) is 6.54 Å². The third kappa shape index (κ3) is 5.03. The van der Waals surface area contributed by atoms with E-state index in [9.17, 15) is 24.6 Å². The van der Waals surface area contributed by atoms with E-state index in [2.05, 4.69) is 4.98 Å². The van der Waals surface area contributed by atoms with Crippen molar-refractivity contribution in [1.82, 2.24) is 9.88 Å². The summed E-state index contributed by atoms with van der Waals surface area (Å²) in [6.45, 7) is 0.620. The number of aromatic nitrogens is 1. The van der Waals surface area contributed by atoms with Crippen LogP contribution in [-0.2, 0) is 16.1 Å². The van der Waals surface area contributed by atoms with Crippen molar-refractivity contribution in [2.45, 2.75) is 50.7 Å². The average molecular weight is 489 g/mol. The number of fused-ring (bicyclic) bond motifs is 1. The molecule has 1 aromatic heterocycles. The number of carboxylic acids is 1. The van der Waals surface area contributed by atoms with E-state index in [0.29, 0.717) is 30.6 Å². The van der Waals surface area contributed by atoms with E-state index in [1.165, 1.54) is 0 Å². The number of carbonyl (C=O) groups excluding carboxylic acids is 1. The fourth-order valence-electron chi connectivity index (χ4n) is 5.18. The van der Waals surface area contributed by atoms with Crippen molar-refractivity contribution >= 4 is 28.9 Å². The highest BCUT2D eigenvalue weighted by Crippen LogP contribution is 2.37. The Balaban J connectivity index is 1.41. The lowest BCUT2D eigenvalue weighted by molar-refractivity contribution is -0.137. The number of hydrogen-bond acceptors (Lipinski definition) is 5. The van der Waals surface area contributed by atoms with Gasteiger partial charge in [-0.1, -0.05) is 30.3 Å². The third-order valence-corrected chi connectivity index (χ3v) is 7.10. The fourth-order valence-corrected chi connectivity index (χ4v) is 5.18. The summed E-state index contributed by atoms with van der Waals surface area (Å²) in [5.41, 5.74) is 2.12. The first-order valence-corrected chi connectivity index (χ1v) is 12.3. The topological polar surface area (TPSA) is 117 Å². The number of nitrogens with zero attached hydrogens (tertiary/aromatic N) is 2. The van der Waals surface area contributed by atoms with Crippen molar-refractivity contribution in [1.29, 1.82) is 0 Å². The molecule has 0 unspecified atom stereocenters. The predicted molar refractivity (Wildman–Crippen MR) is 133 cm³/mol. The van der Waals surface area contributed by atoms with E-state index >= 15 is 0 Å². The lowest BCUT2D eigenvalue weighted by atomic mass is 10.00. The number of carboxylic acid groups (broad SMARTS) is 2. The van der Waals surface area contributed by atoms with E-state index in [0.717, 1.165) is 42.1 Å². The summed E-state index contributed by atoms with van der Waals surface area (Å²) in [5.74, 6) is -0.948. The van der Waals surface area contributed by atoms with E-state index in [1.807, 2.05) is 24.3 Å². The molecule has 0 saturated heterocycles. The summed E-state index contributed by atoms with van der Waals surface area (Å²) >= 11 is 0. The highest BCUT2D eigenvalue weighted by Gasteiger charge is 2.43. The smallest absolute Gasteiger partial charge is 0.478 e. The Morgan fingerprint density at radius 3 is 2.44 bits per heavy atom. The van der Waals surface area contributed by atoms with Crippen LogP contribution in [0.15, 0.2) is 54.6 Å². The molecule has 1 heterocycles. The standard InChI is InChI=1S/C28H28N2O6/c31-25(19-8-9-19)30(17-28(36-27(34)35)13-3-4-14-28)16-18-7-11-23-20(15-18)10-12-24(29-23)21-5-1-2-6-22(21)26(32)33/h1-2,5-7,10-12,15,19H,3-4,8-9,13-14,16-17H2,(H,32,33)(H,34,35). The number of pyridine rings is 1. The van der Waals surface area contributed by atoms with Crippen molar-refractivity contribution in [3.63, 3.8) is 0 Å². The molecular formula is C28H28N2O6. The maximum absolute atomic E-state index is 13.1. The molecular weight excluding hydrogens is 460 g/mol. The molecule has 2 aromatic carbocycles. The van der Waals surface area contributed by atoms with Gasteiger partial charge in [-0.2, -0.15) is 0 Å². The number of carbonyl (C=O) groups is 3. The Morgan fingerprint density at radius 2 is 1.75 bits per heavy atom. The van der Waals surface area contributed by atoms with Crippen LogP contribution in [0.2, 0.25) is 0 Å². The van der Waals surface area contributed by atoms with Gasteiger partial charge in [0.2, 0.25) is 5.91 Å². The van der Waals surface area contributed by atoms with Gasteiger partial charge in [0.25, 0.3) is 0 Å². The number of ether oxygens (including phenoxy) is 1. The van der Waals surface area contributed by atoms with E-state index in [-0.39, 0.29) is 23.9 Å². The van der Waals surface area contributed by atoms with Crippen molar-refractivity contribution in [3.8, 4) is 11.3 Å². The molecule has 0 radical (unpaired) electrons. The Hall–Kier alpha value is -3.94. The van der Waals surface area contributed by atoms with Crippen LogP contribution in [0.5, 0.6) is 0 Å². The zero-order valence-corrected chi connectivity index (χ0v) is 19.9. The van der Waals surface area contributed by atoms with Crippen LogP contribution in [0.25, 0.3) is 22.2 Å². The van der Waals surface area contributed by atoms with Crippen LogP contribution in [0.1, 0.15) is 54.4 Å². The molecule has 0 spiro atoms. The molecule has 2 saturated carbocycles. The Kier molecular flexibility index (Phi) is 6.35. The molecule has 2 fully saturated rings. The summed E-state index contributed by atoms with van der Waals surface area (Å²) < 4.78 is 5.34. The Bertz CT molecular complexity index is 1330. The van der Waals surface area contributed by atoms with Gasteiger partial charge in [0, 0.05) is 23.4 Å². The minimum absolute atomic E-state index is 0.00673. The van der Waals surface area contributed by atoms with Crippen LogP contribution >= 0.6 is 0 Å². The molecule has 2 N–H and O–H groups in total. The second-order valence-electron chi connectivity index (χ2n) is 9.80. The van der Waals surface area contributed by atoms with Gasteiger partial charge in [-0.05, 0) is 68.4 Å². The van der Waals surface area contributed by atoms with Crippen LogP contribution < -0.4 is 0 Å². The minimum Gasteiger partial charge on any atom is -0.478 e. The summed E-state index contributed by atoms with van der Waals surface area (Å²) in [7, 11) is 0. The molecule has 186 valence electrons. The summed E-state index contributed by atoms with van der Waals surface area (Å²) in [4.78, 5) is 42.6.